The molecule has 5 nitrogen and oxygen atoms in total. The first-order valence-electron chi connectivity index (χ1n) is 10.7. The van der Waals surface area contributed by atoms with Crippen molar-refractivity contribution >= 4 is 12.3 Å². The van der Waals surface area contributed by atoms with Crippen LogP contribution >= 0.6 is 0 Å². The van der Waals surface area contributed by atoms with Crippen LogP contribution in [-0.4, -0.2) is 43.3 Å². The molecule has 0 atom stereocenters. The van der Waals surface area contributed by atoms with Crippen LogP contribution in [0.25, 0.3) is 0 Å². The summed E-state index contributed by atoms with van der Waals surface area (Å²) in [5, 5.41) is 0. The molecule has 0 saturated carbocycles. The van der Waals surface area contributed by atoms with Crippen molar-refractivity contribution in [3.63, 3.8) is 0 Å². The van der Waals surface area contributed by atoms with Gasteiger partial charge in [0, 0.05) is 18.1 Å². The maximum atomic E-state index is 11.2. The average molecular weight is 413 g/mol. The summed E-state index contributed by atoms with van der Waals surface area (Å²) in [5.41, 5.74) is -0.885. The Morgan fingerprint density at radius 1 is 0.828 bits per heavy atom. The minimum absolute atomic E-state index is 0.183. The molecule has 0 amide bonds. The van der Waals surface area contributed by atoms with Gasteiger partial charge >= 0.3 is 5.97 Å². The summed E-state index contributed by atoms with van der Waals surface area (Å²) in [6.07, 6.45) is 6.97. The van der Waals surface area contributed by atoms with Gasteiger partial charge in [-0.15, -0.1) is 0 Å². The van der Waals surface area contributed by atoms with E-state index in [1.54, 1.807) is 0 Å². The van der Waals surface area contributed by atoms with Crippen LogP contribution in [-0.2, 0) is 23.8 Å². The molecule has 170 valence electrons. The lowest BCUT2D eigenvalue weighted by molar-refractivity contribution is -0.149. The molecular formula is C24H44O5. The van der Waals surface area contributed by atoms with Crippen molar-refractivity contribution in [1.29, 1.82) is 0 Å². The van der Waals surface area contributed by atoms with Gasteiger partial charge in [0.25, 0.3) is 0 Å². The van der Waals surface area contributed by atoms with Crippen molar-refractivity contribution in [3.05, 3.63) is 12.7 Å². The summed E-state index contributed by atoms with van der Waals surface area (Å²) in [5.74, 6) is -0.442. The highest BCUT2D eigenvalue weighted by atomic mass is 16.6. The molecule has 0 unspecified atom stereocenters. The van der Waals surface area contributed by atoms with E-state index in [4.69, 9.17) is 14.2 Å². The molecule has 0 aliphatic heterocycles. The van der Waals surface area contributed by atoms with Crippen molar-refractivity contribution in [1.82, 2.24) is 0 Å². The van der Waals surface area contributed by atoms with Crippen molar-refractivity contribution in [2.45, 2.75) is 98.7 Å². The van der Waals surface area contributed by atoms with E-state index in [0.29, 0.717) is 13.2 Å². The van der Waals surface area contributed by atoms with Crippen LogP contribution < -0.4 is 0 Å². The second-order valence-electron chi connectivity index (χ2n) is 10.7. The minimum Gasteiger partial charge on any atom is -0.459 e. The van der Waals surface area contributed by atoms with Crippen LogP contribution in [0.15, 0.2) is 12.7 Å². The zero-order valence-corrected chi connectivity index (χ0v) is 20.1. The van der Waals surface area contributed by atoms with Gasteiger partial charge in [-0.1, -0.05) is 40.7 Å². The van der Waals surface area contributed by atoms with Gasteiger partial charge < -0.3 is 19.0 Å². The van der Waals surface area contributed by atoms with Crippen molar-refractivity contribution < 1.29 is 23.8 Å². The predicted molar refractivity (Wildman–Crippen MR) is 118 cm³/mol. The molecule has 0 N–H and O–H groups in total. The first-order chi connectivity index (χ1) is 13.1. The number of aldehydes is 1. The van der Waals surface area contributed by atoms with Gasteiger partial charge in [0.2, 0.25) is 0 Å². The zero-order valence-electron chi connectivity index (χ0n) is 20.1. The fourth-order valence-corrected chi connectivity index (χ4v) is 2.80. The third-order valence-electron chi connectivity index (χ3n) is 5.19. The second kappa shape index (κ2) is 11.8. The number of rotatable bonds is 16. The van der Waals surface area contributed by atoms with E-state index in [1.165, 1.54) is 0 Å². The summed E-state index contributed by atoms with van der Waals surface area (Å²) >= 11 is 0. The molecule has 0 aliphatic carbocycles. The number of carbonyl (C=O) groups is 2. The maximum absolute atomic E-state index is 11.2. The summed E-state index contributed by atoms with van der Waals surface area (Å²) in [6.45, 7) is 21.2. The molecule has 0 bridgehead atoms. The quantitative estimate of drug-likeness (QED) is 0.190. The smallest absolute Gasteiger partial charge is 0.330 e. The number of hydrogen-bond acceptors (Lipinski definition) is 5. The first kappa shape index (κ1) is 27.8. The third kappa shape index (κ3) is 14.4. The van der Waals surface area contributed by atoms with Crippen molar-refractivity contribution in [3.8, 4) is 0 Å². The van der Waals surface area contributed by atoms with Crippen LogP contribution in [0.3, 0.4) is 0 Å². The number of esters is 1. The van der Waals surface area contributed by atoms with E-state index < -0.39 is 11.6 Å². The van der Waals surface area contributed by atoms with E-state index >= 15 is 0 Å². The standard InChI is InChI=1S/C24H44O5/c1-10-20(26)27-19-24(8,9)29-17-15-23(6,7)28-16-14-21(2,3)12-11-13-22(4,5)18-25/h10,18H,1,11-17,19H2,2-9H3. The van der Waals surface area contributed by atoms with Crippen LogP contribution in [0.1, 0.15) is 87.5 Å². The summed E-state index contributed by atoms with van der Waals surface area (Å²) < 4.78 is 17.1. The molecule has 0 spiro atoms. The lowest BCUT2D eigenvalue weighted by Crippen LogP contribution is -2.35. The summed E-state index contributed by atoms with van der Waals surface area (Å²) in [7, 11) is 0. The fourth-order valence-electron chi connectivity index (χ4n) is 2.80. The minimum atomic E-state index is -0.550. The molecule has 0 rings (SSSR count). The van der Waals surface area contributed by atoms with Crippen LogP contribution in [0, 0.1) is 10.8 Å². The molecule has 0 heterocycles. The molecule has 0 fully saturated rings. The van der Waals surface area contributed by atoms with Crippen molar-refractivity contribution in [2.24, 2.45) is 10.8 Å². The number of hydrogen-bond donors (Lipinski definition) is 0. The Morgan fingerprint density at radius 3 is 1.93 bits per heavy atom. The van der Waals surface area contributed by atoms with Crippen LogP contribution in [0.5, 0.6) is 0 Å². The molecule has 0 radical (unpaired) electrons. The second-order valence-corrected chi connectivity index (χ2v) is 10.7. The summed E-state index contributed by atoms with van der Waals surface area (Å²) in [4.78, 5) is 22.2. The molecular weight excluding hydrogens is 368 g/mol. The van der Waals surface area contributed by atoms with Gasteiger partial charge in [0.05, 0.1) is 17.8 Å². The van der Waals surface area contributed by atoms with Gasteiger partial charge in [0.15, 0.2) is 0 Å². The maximum Gasteiger partial charge on any atom is 0.330 e. The average Bonchev–Trinajstić information content (AvgIpc) is 2.58. The Labute approximate surface area is 178 Å². The van der Waals surface area contributed by atoms with Gasteiger partial charge in [-0.3, -0.25) is 0 Å². The molecule has 0 aromatic carbocycles. The normalized spacial score (nSPS) is 13.2. The van der Waals surface area contributed by atoms with E-state index in [9.17, 15) is 9.59 Å². The van der Waals surface area contributed by atoms with Crippen LogP contribution in [0.4, 0.5) is 0 Å². The van der Waals surface area contributed by atoms with E-state index in [0.717, 1.165) is 44.5 Å². The topological polar surface area (TPSA) is 61.8 Å². The summed E-state index contributed by atoms with van der Waals surface area (Å²) in [6, 6.07) is 0. The molecule has 29 heavy (non-hydrogen) atoms. The SMILES string of the molecule is C=CC(=O)OCC(C)(C)OCCC(C)(C)OCCC(C)(C)CCCC(C)(C)C=O. The fraction of sp³-hybridized carbons (Fsp3) is 0.833. The lowest BCUT2D eigenvalue weighted by Gasteiger charge is -2.31. The van der Waals surface area contributed by atoms with Gasteiger partial charge in [-0.05, 0) is 58.8 Å². The highest BCUT2D eigenvalue weighted by molar-refractivity contribution is 5.81. The predicted octanol–water partition coefficient (Wildman–Crippen LogP) is 5.51. The third-order valence-corrected chi connectivity index (χ3v) is 5.19. The van der Waals surface area contributed by atoms with Crippen LogP contribution in [0.2, 0.25) is 0 Å². The monoisotopic (exact) mass is 412 g/mol. The van der Waals surface area contributed by atoms with Gasteiger partial charge in [0.1, 0.15) is 12.9 Å². The highest BCUT2D eigenvalue weighted by Gasteiger charge is 2.26. The molecule has 5 heteroatoms. The van der Waals surface area contributed by atoms with E-state index in [1.807, 2.05) is 27.7 Å². The Bertz CT molecular complexity index is 517. The van der Waals surface area contributed by atoms with Gasteiger partial charge in [-0.2, -0.15) is 0 Å². The van der Waals surface area contributed by atoms with E-state index in [-0.39, 0.29) is 23.0 Å². The van der Waals surface area contributed by atoms with E-state index in [2.05, 4.69) is 34.3 Å². The zero-order chi connectivity index (χ0) is 22.8. The van der Waals surface area contributed by atoms with Crippen molar-refractivity contribution in [2.75, 3.05) is 19.8 Å². The largest absolute Gasteiger partial charge is 0.459 e. The Balaban J connectivity index is 4.20. The number of carbonyl (C=O) groups excluding carboxylic acids is 2. The molecule has 0 aromatic heterocycles. The highest BCUT2D eigenvalue weighted by Crippen LogP contribution is 2.31. The molecule has 0 saturated heterocycles. The number of ether oxygens (including phenoxy) is 3. The molecule has 0 aromatic rings. The Hall–Kier alpha value is -1.20. The molecule has 0 aliphatic rings. The first-order valence-corrected chi connectivity index (χ1v) is 10.7. The Morgan fingerprint density at radius 2 is 1.38 bits per heavy atom. The van der Waals surface area contributed by atoms with Gasteiger partial charge in [-0.25, -0.2) is 4.79 Å². The lowest BCUT2D eigenvalue weighted by atomic mass is 9.80. The Kier molecular flexibility index (Phi) is 11.4.